The van der Waals surface area contributed by atoms with Crippen molar-refractivity contribution in [3.05, 3.63) is 0 Å². The first-order chi connectivity index (χ1) is 10.7. The van der Waals surface area contributed by atoms with E-state index in [-0.39, 0.29) is 23.4 Å². The Hall–Kier alpha value is -0.650. The van der Waals surface area contributed by atoms with Gasteiger partial charge in [0.1, 0.15) is 0 Å². The SMILES string of the molecule is CC(NC(=O)C1CCCNC1)C1(N2CCOCC2)CCCC1. The Labute approximate surface area is 134 Å². The minimum atomic E-state index is 0.152. The number of hydrogen-bond acceptors (Lipinski definition) is 4. The highest BCUT2D eigenvalue weighted by molar-refractivity contribution is 5.79. The molecule has 5 nitrogen and oxygen atoms in total. The van der Waals surface area contributed by atoms with E-state index in [9.17, 15) is 4.79 Å². The molecule has 0 aromatic carbocycles. The molecule has 2 N–H and O–H groups in total. The number of hydrogen-bond donors (Lipinski definition) is 2. The van der Waals surface area contributed by atoms with E-state index in [1.54, 1.807) is 0 Å². The molecule has 2 unspecified atom stereocenters. The Bertz CT molecular complexity index is 370. The number of nitrogens with zero attached hydrogens (tertiary/aromatic N) is 1. The molecule has 2 saturated heterocycles. The van der Waals surface area contributed by atoms with Crippen LogP contribution in [0.4, 0.5) is 0 Å². The standard InChI is InChI=1S/C17H31N3O2/c1-14(19-16(21)15-5-4-8-18-13-15)17(6-2-3-7-17)20-9-11-22-12-10-20/h14-15,18H,2-13H2,1H3,(H,19,21). The molecule has 2 heterocycles. The van der Waals surface area contributed by atoms with Crippen LogP contribution in [0.5, 0.6) is 0 Å². The van der Waals surface area contributed by atoms with Crippen molar-refractivity contribution in [3.8, 4) is 0 Å². The van der Waals surface area contributed by atoms with Gasteiger partial charge in [-0.25, -0.2) is 0 Å². The molecule has 1 saturated carbocycles. The Morgan fingerprint density at radius 2 is 2.00 bits per heavy atom. The second-order valence-corrected chi connectivity index (χ2v) is 7.18. The van der Waals surface area contributed by atoms with Gasteiger partial charge in [-0.3, -0.25) is 9.69 Å². The Morgan fingerprint density at radius 1 is 1.27 bits per heavy atom. The van der Waals surface area contributed by atoms with Crippen LogP contribution >= 0.6 is 0 Å². The number of carbonyl (C=O) groups excluding carboxylic acids is 1. The fourth-order valence-electron chi connectivity index (χ4n) is 4.56. The van der Waals surface area contributed by atoms with E-state index in [2.05, 4.69) is 22.5 Å². The normalized spacial score (nSPS) is 30.9. The first-order valence-electron chi connectivity index (χ1n) is 9.06. The lowest BCUT2D eigenvalue weighted by atomic mass is 9.86. The molecule has 0 bridgehead atoms. The molecule has 22 heavy (non-hydrogen) atoms. The van der Waals surface area contributed by atoms with E-state index in [1.807, 2.05) is 0 Å². The Morgan fingerprint density at radius 3 is 2.64 bits per heavy atom. The van der Waals surface area contributed by atoms with E-state index in [1.165, 1.54) is 25.7 Å². The molecule has 1 aliphatic carbocycles. The van der Waals surface area contributed by atoms with Gasteiger partial charge in [0.25, 0.3) is 0 Å². The quantitative estimate of drug-likeness (QED) is 0.817. The summed E-state index contributed by atoms with van der Waals surface area (Å²) >= 11 is 0. The fourth-order valence-corrected chi connectivity index (χ4v) is 4.56. The molecule has 0 spiro atoms. The van der Waals surface area contributed by atoms with Crippen molar-refractivity contribution in [2.75, 3.05) is 39.4 Å². The summed E-state index contributed by atoms with van der Waals surface area (Å²) in [6.45, 7) is 7.77. The maximum Gasteiger partial charge on any atom is 0.224 e. The van der Waals surface area contributed by atoms with Gasteiger partial charge in [-0.05, 0) is 39.2 Å². The van der Waals surface area contributed by atoms with E-state index in [0.717, 1.165) is 52.2 Å². The number of ether oxygens (including phenoxy) is 1. The second kappa shape index (κ2) is 7.28. The van der Waals surface area contributed by atoms with Gasteiger partial charge in [-0.15, -0.1) is 0 Å². The minimum absolute atomic E-state index is 0.152. The summed E-state index contributed by atoms with van der Waals surface area (Å²) in [6.07, 6.45) is 7.11. The second-order valence-electron chi connectivity index (χ2n) is 7.18. The largest absolute Gasteiger partial charge is 0.379 e. The van der Waals surface area contributed by atoms with Crippen LogP contribution < -0.4 is 10.6 Å². The summed E-state index contributed by atoms with van der Waals surface area (Å²) in [5.41, 5.74) is 0.154. The zero-order chi connectivity index (χ0) is 15.4. The molecule has 5 heteroatoms. The topological polar surface area (TPSA) is 53.6 Å². The summed E-state index contributed by atoms with van der Waals surface area (Å²) in [7, 11) is 0. The highest BCUT2D eigenvalue weighted by atomic mass is 16.5. The molecule has 126 valence electrons. The van der Waals surface area contributed by atoms with Crippen molar-refractivity contribution in [3.63, 3.8) is 0 Å². The molecule has 3 rings (SSSR count). The van der Waals surface area contributed by atoms with Crippen LogP contribution in [0.1, 0.15) is 45.4 Å². The van der Waals surface area contributed by atoms with Crippen LogP contribution in [-0.2, 0) is 9.53 Å². The molecule has 1 amide bonds. The lowest BCUT2D eigenvalue weighted by Crippen LogP contribution is -2.63. The van der Waals surface area contributed by atoms with Gasteiger partial charge < -0.3 is 15.4 Å². The summed E-state index contributed by atoms with van der Waals surface area (Å²) in [5.74, 6) is 0.401. The van der Waals surface area contributed by atoms with Gasteiger partial charge in [0.2, 0.25) is 5.91 Å². The van der Waals surface area contributed by atoms with E-state index in [0.29, 0.717) is 0 Å². The first kappa shape index (κ1) is 16.2. The van der Waals surface area contributed by atoms with Gasteiger partial charge in [0.15, 0.2) is 0 Å². The average Bonchev–Trinajstić information content (AvgIpc) is 3.07. The number of piperidine rings is 1. The third kappa shape index (κ3) is 3.31. The fraction of sp³-hybridized carbons (Fsp3) is 0.941. The molecule has 0 aromatic rings. The van der Waals surface area contributed by atoms with Crippen molar-refractivity contribution in [2.45, 2.75) is 57.0 Å². The van der Waals surface area contributed by atoms with Crippen molar-refractivity contribution in [1.29, 1.82) is 0 Å². The van der Waals surface area contributed by atoms with Crippen LogP contribution in [0.25, 0.3) is 0 Å². The lowest BCUT2D eigenvalue weighted by Gasteiger charge is -2.47. The smallest absolute Gasteiger partial charge is 0.224 e. The molecular weight excluding hydrogens is 278 g/mol. The highest BCUT2D eigenvalue weighted by Gasteiger charge is 2.45. The van der Waals surface area contributed by atoms with Crippen LogP contribution in [0.2, 0.25) is 0 Å². The number of rotatable bonds is 4. The van der Waals surface area contributed by atoms with Crippen LogP contribution in [0, 0.1) is 5.92 Å². The van der Waals surface area contributed by atoms with Crippen molar-refractivity contribution >= 4 is 5.91 Å². The van der Waals surface area contributed by atoms with E-state index >= 15 is 0 Å². The summed E-state index contributed by atoms with van der Waals surface area (Å²) < 4.78 is 5.52. The number of carbonyl (C=O) groups is 1. The maximum absolute atomic E-state index is 12.6. The van der Waals surface area contributed by atoms with Gasteiger partial charge in [-0.2, -0.15) is 0 Å². The predicted octanol–water partition coefficient (Wildman–Crippen LogP) is 1.14. The van der Waals surface area contributed by atoms with Crippen molar-refractivity contribution in [2.24, 2.45) is 5.92 Å². The summed E-state index contributed by atoms with van der Waals surface area (Å²) in [5, 5.41) is 6.71. The number of nitrogens with one attached hydrogen (secondary N) is 2. The van der Waals surface area contributed by atoms with E-state index in [4.69, 9.17) is 4.74 Å². The average molecular weight is 309 g/mol. The molecule has 0 radical (unpaired) electrons. The van der Waals surface area contributed by atoms with Crippen LogP contribution in [0.15, 0.2) is 0 Å². The minimum Gasteiger partial charge on any atom is -0.379 e. The zero-order valence-electron chi connectivity index (χ0n) is 13.9. The van der Waals surface area contributed by atoms with Crippen molar-refractivity contribution in [1.82, 2.24) is 15.5 Å². The van der Waals surface area contributed by atoms with Crippen LogP contribution in [0.3, 0.4) is 0 Å². The number of morpholine rings is 1. The third-order valence-corrected chi connectivity index (χ3v) is 5.94. The summed E-state index contributed by atoms with van der Waals surface area (Å²) in [6, 6.07) is 0.225. The lowest BCUT2D eigenvalue weighted by molar-refractivity contribution is -0.127. The van der Waals surface area contributed by atoms with E-state index < -0.39 is 0 Å². The molecular formula is C17H31N3O2. The third-order valence-electron chi connectivity index (χ3n) is 5.94. The molecule has 2 aliphatic heterocycles. The zero-order valence-corrected chi connectivity index (χ0v) is 13.9. The van der Waals surface area contributed by atoms with Gasteiger partial charge in [0.05, 0.1) is 19.1 Å². The first-order valence-corrected chi connectivity index (χ1v) is 9.06. The number of amides is 1. The molecule has 2 atom stereocenters. The Kier molecular flexibility index (Phi) is 5.37. The molecule has 3 aliphatic rings. The van der Waals surface area contributed by atoms with Gasteiger partial charge in [0, 0.05) is 31.2 Å². The monoisotopic (exact) mass is 309 g/mol. The molecule has 0 aromatic heterocycles. The predicted molar refractivity (Wildman–Crippen MR) is 86.8 cm³/mol. The highest BCUT2D eigenvalue weighted by Crippen LogP contribution is 2.38. The van der Waals surface area contributed by atoms with Crippen LogP contribution in [-0.4, -0.2) is 61.8 Å². The van der Waals surface area contributed by atoms with Crippen molar-refractivity contribution < 1.29 is 9.53 Å². The maximum atomic E-state index is 12.6. The Balaban J connectivity index is 1.64. The summed E-state index contributed by atoms with van der Waals surface area (Å²) in [4.78, 5) is 15.2. The van der Waals surface area contributed by atoms with Gasteiger partial charge >= 0.3 is 0 Å². The van der Waals surface area contributed by atoms with Gasteiger partial charge in [-0.1, -0.05) is 12.8 Å². The molecule has 3 fully saturated rings.